The Morgan fingerprint density at radius 2 is 1.91 bits per heavy atom. The fourth-order valence-corrected chi connectivity index (χ4v) is 3.88. The van der Waals surface area contributed by atoms with E-state index < -0.39 is 0 Å². The summed E-state index contributed by atoms with van der Waals surface area (Å²) in [6.07, 6.45) is 6.22. The minimum Gasteiger partial charge on any atom is -0.355 e. The summed E-state index contributed by atoms with van der Waals surface area (Å²) in [5.74, 6) is 0.987. The summed E-state index contributed by atoms with van der Waals surface area (Å²) in [6.45, 7) is 4.61. The van der Waals surface area contributed by atoms with Gasteiger partial charge in [0.25, 0.3) is 0 Å². The summed E-state index contributed by atoms with van der Waals surface area (Å²) in [5.41, 5.74) is 2.65. The molecule has 0 radical (unpaired) electrons. The zero-order chi connectivity index (χ0) is 15.9. The Morgan fingerprint density at radius 3 is 2.61 bits per heavy atom. The highest BCUT2D eigenvalue weighted by Gasteiger charge is 2.44. The number of pyridine rings is 2. The predicted molar refractivity (Wildman–Crippen MR) is 93.9 cm³/mol. The number of rotatable bonds is 2. The number of aromatic nitrogens is 2. The number of halogens is 1. The van der Waals surface area contributed by atoms with Gasteiger partial charge in [0.2, 0.25) is 0 Å². The Morgan fingerprint density at radius 1 is 1.13 bits per heavy atom. The molecule has 4 nitrogen and oxygen atoms in total. The molecule has 0 aromatic carbocycles. The highest BCUT2D eigenvalue weighted by atomic mass is 35.5. The van der Waals surface area contributed by atoms with E-state index >= 15 is 0 Å². The van der Waals surface area contributed by atoms with Crippen LogP contribution in [-0.4, -0.2) is 48.1 Å². The van der Waals surface area contributed by atoms with Crippen LogP contribution in [0.3, 0.4) is 0 Å². The summed E-state index contributed by atoms with van der Waals surface area (Å²) in [7, 11) is 2.21. The lowest BCUT2D eigenvalue weighted by atomic mass is 9.72. The standard InChI is InChI=1S/C18H21ClN4/c1-22-7-4-18(5-8-22)12-23(13-18)17-10-15(9-16(19)21-17)14-3-2-6-20-11-14/h2-3,6,9-11H,4-5,7-8,12-13H2,1H3. The number of piperidine rings is 1. The summed E-state index contributed by atoms with van der Waals surface area (Å²) in [4.78, 5) is 13.5. The Hall–Kier alpha value is -1.65. The quantitative estimate of drug-likeness (QED) is 0.792. The maximum atomic E-state index is 6.26. The van der Waals surface area contributed by atoms with Crippen molar-refractivity contribution in [2.24, 2.45) is 5.41 Å². The molecule has 2 aromatic heterocycles. The van der Waals surface area contributed by atoms with Gasteiger partial charge < -0.3 is 9.80 Å². The van der Waals surface area contributed by atoms with Crippen LogP contribution in [0.1, 0.15) is 12.8 Å². The van der Waals surface area contributed by atoms with Gasteiger partial charge in [0, 0.05) is 36.5 Å². The first-order valence-corrected chi connectivity index (χ1v) is 8.53. The first-order chi connectivity index (χ1) is 11.1. The lowest BCUT2D eigenvalue weighted by molar-refractivity contribution is 0.0901. The van der Waals surface area contributed by atoms with Crippen LogP contribution in [0, 0.1) is 5.41 Å². The maximum Gasteiger partial charge on any atom is 0.132 e. The fraction of sp³-hybridized carbons (Fsp3) is 0.444. The van der Waals surface area contributed by atoms with E-state index in [1.807, 2.05) is 18.3 Å². The number of likely N-dealkylation sites (tertiary alicyclic amines) is 1. The number of hydrogen-bond donors (Lipinski definition) is 0. The molecule has 0 amide bonds. The van der Waals surface area contributed by atoms with E-state index in [9.17, 15) is 0 Å². The van der Waals surface area contributed by atoms with Crippen LogP contribution < -0.4 is 4.90 Å². The smallest absolute Gasteiger partial charge is 0.132 e. The van der Waals surface area contributed by atoms with Crippen LogP contribution in [0.15, 0.2) is 36.7 Å². The molecular weight excluding hydrogens is 308 g/mol. The molecule has 0 atom stereocenters. The third-order valence-electron chi connectivity index (χ3n) is 5.20. The van der Waals surface area contributed by atoms with Crippen molar-refractivity contribution in [3.63, 3.8) is 0 Å². The van der Waals surface area contributed by atoms with Crippen molar-refractivity contribution in [1.29, 1.82) is 0 Å². The van der Waals surface area contributed by atoms with Crippen LogP contribution in [0.2, 0.25) is 5.15 Å². The number of hydrogen-bond acceptors (Lipinski definition) is 4. The summed E-state index contributed by atoms with van der Waals surface area (Å²) < 4.78 is 0. The Bertz CT molecular complexity index is 687. The summed E-state index contributed by atoms with van der Waals surface area (Å²) >= 11 is 6.26. The minimum atomic E-state index is 0.491. The molecule has 120 valence electrons. The Labute approximate surface area is 142 Å². The average Bonchev–Trinajstić information content (AvgIpc) is 2.54. The van der Waals surface area contributed by atoms with Crippen molar-refractivity contribution in [2.75, 3.05) is 38.1 Å². The molecule has 2 aromatic rings. The van der Waals surface area contributed by atoms with Crippen LogP contribution in [-0.2, 0) is 0 Å². The van der Waals surface area contributed by atoms with Gasteiger partial charge in [-0.25, -0.2) is 4.98 Å². The molecule has 2 saturated heterocycles. The molecule has 5 heteroatoms. The molecular formula is C18H21ClN4. The molecule has 0 N–H and O–H groups in total. The van der Waals surface area contributed by atoms with Gasteiger partial charge in [0.15, 0.2) is 0 Å². The van der Waals surface area contributed by atoms with Crippen molar-refractivity contribution in [1.82, 2.24) is 14.9 Å². The molecule has 2 aliphatic heterocycles. The molecule has 4 heterocycles. The van der Waals surface area contributed by atoms with Gasteiger partial charge in [-0.2, -0.15) is 0 Å². The van der Waals surface area contributed by atoms with Gasteiger partial charge in [0.05, 0.1) is 0 Å². The molecule has 2 aliphatic rings. The van der Waals surface area contributed by atoms with Gasteiger partial charge in [-0.05, 0) is 56.7 Å². The van der Waals surface area contributed by atoms with Crippen molar-refractivity contribution < 1.29 is 0 Å². The van der Waals surface area contributed by atoms with Crippen LogP contribution in [0.25, 0.3) is 11.1 Å². The van der Waals surface area contributed by atoms with E-state index in [1.165, 1.54) is 25.9 Å². The van der Waals surface area contributed by atoms with Crippen LogP contribution >= 0.6 is 11.6 Å². The maximum absolute atomic E-state index is 6.26. The van der Waals surface area contributed by atoms with E-state index in [0.717, 1.165) is 30.0 Å². The lowest BCUT2D eigenvalue weighted by Gasteiger charge is -2.54. The third-order valence-corrected chi connectivity index (χ3v) is 5.39. The topological polar surface area (TPSA) is 32.3 Å². The zero-order valence-electron chi connectivity index (χ0n) is 13.4. The van der Waals surface area contributed by atoms with Crippen molar-refractivity contribution in [2.45, 2.75) is 12.8 Å². The minimum absolute atomic E-state index is 0.491. The van der Waals surface area contributed by atoms with E-state index in [0.29, 0.717) is 10.6 Å². The highest BCUT2D eigenvalue weighted by molar-refractivity contribution is 6.29. The van der Waals surface area contributed by atoms with Gasteiger partial charge >= 0.3 is 0 Å². The normalized spacial score (nSPS) is 20.5. The zero-order valence-corrected chi connectivity index (χ0v) is 14.1. The van der Waals surface area contributed by atoms with Crippen molar-refractivity contribution in [3.05, 3.63) is 41.8 Å². The monoisotopic (exact) mass is 328 g/mol. The van der Waals surface area contributed by atoms with Crippen LogP contribution in [0.4, 0.5) is 5.82 Å². The van der Waals surface area contributed by atoms with Gasteiger partial charge in [-0.15, -0.1) is 0 Å². The SMILES string of the molecule is CN1CCC2(CC1)CN(c1cc(-c3cccnc3)cc(Cl)n1)C2. The summed E-state index contributed by atoms with van der Waals surface area (Å²) in [5, 5.41) is 0.547. The van der Waals surface area contributed by atoms with E-state index in [1.54, 1.807) is 6.20 Å². The second-order valence-electron chi connectivity index (χ2n) is 6.94. The molecule has 0 unspecified atom stereocenters. The first-order valence-electron chi connectivity index (χ1n) is 8.15. The number of nitrogens with zero attached hydrogens (tertiary/aromatic N) is 4. The van der Waals surface area contributed by atoms with E-state index in [2.05, 4.69) is 38.9 Å². The predicted octanol–water partition coefficient (Wildman–Crippen LogP) is 3.33. The number of anilines is 1. The van der Waals surface area contributed by atoms with Crippen LogP contribution in [0.5, 0.6) is 0 Å². The van der Waals surface area contributed by atoms with E-state index in [-0.39, 0.29) is 0 Å². The largest absolute Gasteiger partial charge is 0.355 e. The third kappa shape index (κ3) is 2.93. The highest BCUT2D eigenvalue weighted by Crippen LogP contribution is 2.42. The van der Waals surface area contributed by atoms with Gasteiger partial charge in [0.1, 0.15) is 11.0 Å². The fourth-order valence-electron chi connectivity index (χ4n) is 3.68. The Balaban J connectivity index is 1.54. The van der Waals surface area contributed by atoms with Crippen molar-refractivity contribution >= 4 is 17.4 Å². The van der Waals surface area contributed by atoms with Gasteiger partial charge in [-0.3, -0.25) is 4.98 Å². The Kier molecular flexibility index (Phi) is 3.74. The first kappa shape index (κ1) is 14.9. The second kappa shape index (κ2) is 5.77. The molecule has 1 spiro atoms. The molecule has 0 aliphatic carbocycles. The van der Waals surface area contributed by atoms with Crippen molar-refractivity contribution in [3.8, 4) is 11.1 Å². The van der Waals surface area contributed by atoms with E-state index in [4.69, 9.17) is 11.6 Å². The molecule has 0 saturated carbocycles. The average molecular weight is 329 g/mol. The molecule has 4 rings (SSSR count). The lowest BCUT2D eigenvalue weighted by Crippen LogP contribution is -2.60. The second-order valence-corrected chi connectivity index (χ2v) is 7.33. The van der Waals surface area contributed by atoms with Gasteiger partial charge in [-0.1, -0.05) is 17.7 Å². The molecule has 2 fully saturated rings. The molecule has 0 bridgehead atoms. The molecule has 23 heavy (non-hydrogen) atoms. The summed E-state index contributed by atoms with van der Waals surface area (Å²) in [6, 6.07) is 8.04.